The van der Waals surface area contributed by atoms with Gasteiger partial charge < -0.3 is 10.1 Å². The number of aryl methyl sites for hydroxylation is 1. The first-order valence-corrected chi connectivity index (χ1v) is 8.38. The molecule has 0 aromatic carbocycles. The fourth-order valence-corrected chi connectivity index (χ4v) is 3.43. The van der Waals surface area contributed by atoms with Crippen LogP contribution in [-0.2, 0) is 14.3 Å². The van der Waals surface area contributed by atoms with Gasteiger partial charge in [-0.3, -0.25) is 14.9 Å². The molecular formula is C15H23N3O3S. The van der Waals surface area contributed by atoms with Crippen LogP contribution in [0.3, 0.4) is 0 Å². The first-order chi connectivity index (χ1) is 10.4. The summed E-state index contributed by atoms with van der Waals surface area (Å²) in [6, 6.07) is 0. The summed E-state index contributed by atoms with van der Waals surface area (Å²) in [7, 11) is 1.39. The Morgan fingerprint density at radius 1 is 1.45 bits per heavy atom. The molecule has 22 heavy (non-hydrogen) atoms. The number of carbonyl (C=O) groups excluding carboxylic acids is 2. The van der Waals surface area contributed by atoms with Crippen molar-refractivity contribution in [2.75, 3.05) is 19.0 Å². The van der Waals surface area contributed by atoms with E-state index in [1.54, 1.807) is 0 Å². The molecule has 1 aliphatic rings. The predicted molar refractivity (Wildman–Crippen MR) is 85.9 cm³/mol. The number of hydrogen-bond donors (Lipinski definition) is 2. The van der Waals surface area contributed by atoms with Crippen LogP contribution >= 0.6 is 11.3 Å². The number of ether oxygens (including phenoxy) is 1. The van der Waals surface area contributed by atoms with Gasteiger partial charge in [0.2, 0.25) is 5.91 Å². The van der Waals surface area contributed by atoms with Crippen LogP contribution < -0.4 is 10.6 Å². The summed E-state index contributed by atoms with van der Waals surface area (Å²) in [5.41, 5.74) is 0.137. The zero-order chi connectivity index (χ0) is 16.2. The molecule has 122 valence electrons. The molecule has 0 spiro atoms. The van der Waals surface area contributed by atoms with E-state index in [1.165, 1.54) is 18.4 Å². The van der Waals surface area contributed by atoms with Gasteiger partial charge in [-0.25, -0.2) is 4.98 Å². The second-order valence-electron chi connectivity index (χ2n) is 5.95. The van der Waals surface area contributed by atoms with E-state index in [0.717, 1.165) is 18.5 Å². The van der Waals surface area contributed by atoms with Crippen molar-refractivity contribution >= 4 is 28.3 Å². The van der Waals surface area contributed by atoms with E-state index in [0.29, 0.717) is 23.9 Å². The third-order valence-electron chi connectivity index (χ3n) is 4.16. The standard InChI is InChI=1S/C15H23N3O3S/c1-10-4-6-15(7-5-10,13(20)21-3)16-8-12(19)18-14-17-11(2)9-22-14/h9-10,16H,4-8H2,1-3H3,(H,17,18,19). The molecule has 0 radical (unpaired) electrons. The molecule has 7 heteroatoms. The topological polar surface area (TPSA) is 80.3 Å². The monoisotopic (exact) mass is 325 g/mol. The Morgan fingerprint density at radius 2 is 2.14 bits per heavy atom. The number of esters is 1. The zero-order valence-electron chi connectivity index (χ0n) is 13.3. The van der Waals surface area contributed by atoms with Crippen LogP contribution in [0.5, 0.6) is 0 Å². The van der Waals surface area contributed by atoms with Gasteiger partial charge in [0.1, 0.15) is 5.54 Å². The average molecular weight is 325 g/mol. The van der Waals surface area contributed by atoms with Crippen LogP contribution in [0.25, 0.3) is 0 Å². The average Bonchev–Trinajstić information content (AvgIpc) is 2.91. The van der Waals surface area contributed by atoms with E-state index >= 15 is 0 Å². The molecule has 2 rings (SSSR count). The number of rotatable bonds is 5. The second kappa shape index (κ2) is 7.19. The van der Waals surface area contributed by atoms with Gasteiger partial charge in [0.15, 0.2) is 5.13 Å². The summed E-state index contributed by atoms with van der Waals surface area (Å²) in [6.07, 6.45) is 3.31. The van der Waals surface area contributed by atoms with Crippen LogP contribution in [0.4, 0.5) is 5.13 Å². The molecule has 6 nitrogen and oxygen atoms in total. The number of nitrogens with one attached hydrogen (secondary N) is 2. The van der Waals surface area contributed by atoms with Crippen molar-refractivity contribution < 1.29 is 14.3 Å². The minimum Gasteiger partial charge on any atom is -0.468 e. The van der Waals surface area contributed by atoms with Crippen LogP contribution in [0.1, 0.15) is 38.3 Å². The molecule has 1 amide bonds. The molecule has 1 heterocycles. The molecule has 1 aliphatic carbocycles. The number of methoxy groups -OCH3 is 1. The number of amides is 1. The van der Waals surface area contributed by atoms with Crippen LogP contribution in [-0.4, -0.2) is 36.1 Å². The summed E-state index contributed by atoms with van der Waals surface area (Å²) in [5, 5.41) is 8.32. The number of aromatic nitrogens is 1. The quantitative estimate of drug-likeness (QED) is 0.810. The minimum absolute atomic E-state index is 0.0715. The molecule has 1 aromatic rings. The Morgan fingerprint density at radius 3 is 2.68 bits per heavy atom. The number of hydrogen-bond acceptors (Lipinski definition) is 6. The lowest BCUT2D eigenvalue weighted by Crippen LogP contribution is -2.56. The van der Waals surface area contributed by atoms with Gasteiger partial charge in [0, 0.05) is 5.38 Å². The molecule has 0 bridgehead atoms. The van der Waals surface area contributed by atoms with E-state index in [1.807, 2.05) is 12.3 Å². The highest BCUT2D eigenvalue weighted by atomic mass is 32.1. The van der Waals surface area contributed by atoms with Gasteiger partial charge in [0.25, 0.3) is 0 Å². The first kappa shape index (κ1) is 16.9. The Kier molecular flexibility index (Phi) is 5.52. The number of thiazole rings is 1. The number of nitrogens with zero attached hydrogens (tertiary/aromatic N) is 1. The van der Waals surface area contributed by atoms with Gasteiger partial charge >= 0.3 is 5.97 Å². The van der Waals surface area contributed by atoms with E-state index < -0.39 is 5.54 Å². The van der Waals surface area contributed by atoms with E-state index in [-0.39, 0.29) is 18.4 Å². The van der Waals surface area contributed by atoms with Gasteiger partial charge in [-0.15, -0.1) is 11.3 Å². The fourth-order valence-electron chi connectivity index (χ4n) is 2.73. The highest BCUT2D eigenvalue weighted by Crippen LogP contribution is 2.32. The highest BCUT2D eigenvalue weighted by molar-refractivity contribution is 7.13. The summed E-state index contributed by atoms with van der Waals surface area (Å²) in [4.78, 5) is 28.4. The molecule has 2 N–H and O–H groups in total. The molecule has 0 saturated heterocycles. The lowest BCUT2D eigenvalue weighted by atomic mass is 9.77. The fraction of sp³-hybridized carbons (Fsp3) is 0.667. The highest BCUT2D eigenvalue weighted by Gasteiger charge is 2.42. The molecule has 0 aliphatic heterocycles. The van der Waals surface area contributed by atoms with E-state index in [4.69, 9.17) is 4.74 Å². The van der Waals surface area contributed by atoms with Crippen LogP contribution in [0, 0.1) is 12.8 Å². The van der Waals surface area contributed by atoms with Crippen molar-refractivity contribution in [2.24, 2.45) is 5.92 Å². The maximum Gasteiger partial charge on any atom is 0.326 e. The summed E-state index contributed by atoms with van der Waals surface area (Å²) in [5.74, 6) is 0.125. The van der Waals surface area contributed by atoms with Crippen molar-refractivity contribution in [3.05, 3.63) is 11.1 Å². The van der Waals surface area contributed by atoms with Crippen molar-refractivity contribution in [3.63, 3.8) is 0 Å². The zero-order valence-corrected chi connectivity index (χ0v) is 14.1. The maximum absolute atomic E-state index is 12.1. The van der Waals surface area contributed by atoms with Crippen molar-refractivity contribution in [1.29, 1.82) is 0 Å². The van der Waals surface area contributed by atoms with E-state index in [9.17, 15) is 9.59 Å². The summed E-state index contributed by atoms with van der Waals surface area (Å²) >= 11 is 1.39. The maximum atomic E-state index is 12.1. The second-order valence-corrected chi connectivity index (χ2v) is 6.81. The Labute approximate surface area is 134 Å². The first-order valence-electron chi connectivity index (χ1n) is 7.50. The molecule has 0 atom stereocenters. The number of anilines is 1. The van der Waals surface area contributed by atoms with Crippen molar-refractivity contribution in [1.82, 2.24) is 10.3 Å². The SMILES string of the molecule is COC(=O)C1(NCC(=O)Nc2nc(C)cs2)CCC(C)CC1. The van der Waals surface area contributed by atoms with Crippen molar-refractivity contribution in [2.45, 2.75) is 45.1 Å². The van der Waals surface area contributed by atoms with Gasteiger partial charge in [-0.1, -0.05) is 6.92 Å². The third-order valence-corrected chi connectivity index (χ3v) is 5.03. The normalized spacial score (nSPS) is 24.8. The van der Waals surface area contributed by atoms with Crippen molar-refractivity contribution in [3.8, 4) is 0 Å². The predicted octanol–water partition coefficient (Wildman–Crippen LogP) is 2.10. The summed E-state index contributed by atoms with van der Waals surface area (Å²) in [6.45, 7) is 4.13. The smallest absolute Gasteiger partial charge is 0.326 e. The largest absolute Gasteiger partial charge is 0.468 e. The lowest BCUT2D eigenvalue weighted by Gasteiger charge is -2.37. The van der Waals surface area contributed by atoms with Crippen LogP contribution in [0.15, 0.2) is 5.38 Å². The third kappa shape index (κ3) is 4.04. The van der Waals surface area contributed by atoms with E-state index in [2.05, 4.69) is 22.5 Å². The number of carbonyl (C=O) groups is 2. The van der Waals surface area contributed by atoms with Gasteiger partial charge in [-0.2, -0.15) is 0 Å². The summed E-state index contributed by atoms with van der Waals surface area (Å²) < 4.78 is 4.94. The molecule has 1 aromatic heterocycles. The van der Waals surface area contributed by atoms with Gasteiger partial charge in [-0.05, 0) is 38.5 Å². The van der Waals surface area contributed by atoms with Gasteiger partial charge in [0.05, 0.1) is 19.3 Å². The molecule has 1 fully saturated rings. The molecule has 0 unspecified atom stereocenters. The molecule has 1 saturated carbocycles. The Hall–Kier alpha value is -1.47. The van der Waals surface area contributed by atoms with Crippen LogP contribution in [0.2, 0.25) is 0 Å². The molecular weight excluding hydrogens is 302 g/mol. The Balaban J connectivity index is 1.93. The minimum atomic E-state index is -0.739. The Bertz CT molecular complexity index is 536. The lowest BCUT2D eigenvalue weighted by molar-refractivity contribution is -0.150.